The molecular formula is C26H14N2O2. The maximum Gasteiger partial charge on any atom is 0.280 e. The lowest BCUT2D eigenvalue weighted by Gasteiger charge is -2.03. The molecule has 6 rings (SSSR count). The van der Waals surface area contributed by atoms with Gasteiger partial charge in [-0.2, -0.15) is 0 Å². The van der Waals surface area contributed by atoms with Gasteiger partial charge in [0.2, 0.25) is 0 Å². The highest BCUT2D eigenvalue weighted by Gasteiger charge is 2.21. The van der Waals surface area contributed by atoms with Gasteiger partial charge in [-0.25, -0.2) is 9.97 Å². The Labute approximate surface area is 170 Å². The Kier molecular flexibility index (Phi) is 3.44. The maximum absolute atomic E-state index is 13.0. The van der Waals surface area contributed by atoms with Crippen LogP contribution in [-0.4, -0.2) is 9.97 Å². The van der Waals surface area contributed by atoms with Crippen LogP contribution in [0.5, 0.6) is 0 Å². The van der Waals surface area contributed by atoms with Gasteiger partial charge in [0.15, 0.2) is 0 Å². The minimum Gasteiger partial charge on any atom is -0.267 e. The summed E-state index contributed by atoms with van der Waals surface area (Å²) in [6.07, 6.45) is 0. The van der Waals surface area contributed by atoms with Crippen molar-refractivity contribution >= 4 is 21.5 Å². The van der Waals surface area contributed by atoms with E-state index in [1.54, 1.807) is 0 Å². The lowest BCUT2D eigenvalue weighted by Crippen LogP contribution is -2.04. The molecule has 4 nitrogen and oxygen atoms in total. The molecule has 4 aromatic carbocycles. The first-order valence-corrected chi connectivity index (χ1v) is 9.70. The summed E-state index contributed by atoms with van der Waals surface area (Å²) in [4.78, 5) is 34.5. The zero-order valence-corrected chi connectivity index (χ0v) is 15.8. The molecule has 0 unspecified atom stereocenters. The first kappa shape index (κ1) is 16.7. The monoisotopic (exact) mass is 386 g/mol. The van der Waals surface area contributed by atoms with Gasteiger partial charge in [-0.15, -0.1) is 0 Å². The van der Waals surface area contributed by atoms with Crippen LogP contribution in [0.25, 0.3) is 44.1 Å². The van der Waals surface area contributed by atoms with Crippen LogP contribution in [0, 0.1) is 10.4 Å². The molecule has 2 aliphatic rings. The molecule has 0 amide bonds. The van der Waals surface area contributed by atoms with E-state index in [2.05, 4.69) is 9.97 Å². The Bertz CT molecular complexity index is 1600. The first-order chi connectivity index (χ1) is 14.7. The molecule has 0 saturated heterocycles. The van der Waals surface area contributed by atoms with Gasteiger partial charge in [0.25, 0.3) is 11.1 Å². The largest absolute Gasteiger partial charge is 0.280 e. The molecule has 0 fully saturated rings. The Morgan fingerprint density at radius 1 is 0.467 bits per heavy atom. The van der Waals surface area contributed by atoms with Gasteiger partial charge in [0.05, 0.1) is 21.8 Å². The van der Waals surface area contributed by atoms with Gasteiger partial charge in [-0.1, -0.05) is 84.9 Å². The zero-order valence-electron chi connectivity index (χ0n) is 15.8. The predicted octanol–water partition coefficient (Wildman–Crippen LogP) is 4.44. The molecule has 2 aliphatic heterocycles. The van der Waals surface area contributed by atoms with Crippen LogP contribution in [0.4, 0.5) is 0 Å². The maximum atomic E-state index is 13.0. The fourth-order valence-corrected chi connectivity index (χ4v) is 4.33. The lowest BCUT2D eigenvalue weighted by atomic mass is 10.0. The summed E-state index contributed by atoms with van der Waals surface area (Å²) in [5.41, 5.74) is 1.55. The molecule has 140 valence electrons. The molecule has 2 heterocycles. The van der Waals surface area contributed by atoms with Crippen molar-refractivity contribution in [2.45, 2.75) is 0 Å². The molecule has 0 atom stereocenters. The standard InChI is InChI=1S/C26H14N2O2/c29-25-21-22(24(28-25)20-14-6-10-16-8-2-4-12-18(16)20)26(30)27-23(21)19-13-5-9-15-7-1-3-11-17(15)19/h1-14H. The van der Waals surface area contributed by atoms with Crippen LogP contribution in [0.15, 0.2) is 94.5 Å². The van der Waals surface area contributed by atoms with Gasteiger partial charge < -0.3 is 0 Å². The highest BCUT2D eigenvalue weighted by atomic mass is 16.1. The van der Waals surface area contributed by atoms with Crippen LogP contribution >= 0.6 is 0 Å². The van der Waals surface area contributed by atoms with Crippen molar-refractivity contribution in [3.8, 4) is 22.5 Å². The average Bonchev–Trinajstić information content (AvgIpc) is 3.31. The predicted molar refractivity (Wildman–Crippen MR) is 118 cm³/mol. The molecule has 0 N–H and O–H groups in total. The summed E-state index contributed by atoms with van der Waals surface area (Å²) in [5, 5.41) is 4.57. The fourth-order valence-electron chi connectivity index (χ4n) is 4.33. The van der Waals surface area contributed by atoms with E-state index in [1.165, 1.54) is 0 Å². The molecule has 0 bridgehead atoms. The smallest absolute Gasteiger partial charge is 0.267 e. The summed E-state index contributed by atoms with van der Waals surface area (Å²) >= 11 is 0. The van der Waals surface area contributed by atoms with Gasteiger partial charge in [-0.3, -0.25) is 9.59 Å². The molecule has 0 aromatic heterocycles. The van der Waals surface area contributed by atoms with Gasteiger partial charge in [0, 0.05) is 11.1 Å². The van der Waals surface area contributed by atoms with Crippen molar-refractivity contribution in [1.29, 1.82) is 0 Å². The molecule has 0 aliphatic carbocycles. The van der Waals surface area contributed by atoms with Gasteiger partial charge in [0.1, 0.15) is 0 Å². The minimum atomic E-state index is -0.412. The van der Waals surface area contributed by atoms with Gasteiger partial charge in [-0.05, 0) is 21.5 Å². The molecule has 4 heteroatoms. The Morgan fingerprint density at radius 3 is 1.33 bits per heavy atom. The van der Waals surface area contributed by atoms with Crippen LogP contribution in [-0.2, 0) is 0 Å². The van der Waals surface area contributed by atoms with E-state index in [4.69, 9.17) is 0 Å². The number of aromatic nitrogens is 2. The summed E-state index contributed by atoms with van der Waals surface area (Å²) in [6.45, 7) is 0. The van der Waals surface area contributed by atoms with Crippen LogP contribution in [0.1, 0.15) is 0 Å². The van der Waals surface area contributed by atoms with Gasteiger partial charge >= 0.3 is 0 Å². The summed E-state index contributed by atoms with van der Waals surface area (Å²) < 4.78 is 0. The second-order valence-corrected chi connectivity index (χ2v) is 7.33. The van der Waals surface area contributed by atoms with Crippen LogP contribution in [0.2, 0.25) is 0 Å². The number of rotatable bonds is 2. The Hall–Kier alpha value is -4.18. The summed E-state index contributed by atoms with van der Waals surface area (Å²) in [6, 6.07) is 27.4. The van der Waals surface area contributed by atoms with Crippen molar-refractivity contribution in [2.75, 3.05) is 0 Å². The van der Waals surface area contributed by atoms with Crippen molar-refractivity contribution in [2.24, 2.45) is 0 Å². The highest BCUT2D eigenvalue weighted by molar-refractivity contribution is 5.97. The number of hydrogen-bond acceptors (Lipinski definition) is 4. The van der Waals surface area contributed by atoms with Crippen molar-refractivity contribution < 1.29 is 0 Å². The zero-order chi connectivity index (χ0) is 20.2. The average molecular weight is 386 g/mol. The molecule has 0 radical (unpaired) electrons. The third-order valence-electron chi connectivity index (χ3n) is 5.67. The fraction of sp³-hybridized carbons (Fsp3) is 0. The molecule has 0 spiro atoms. The second-order valence-electron chi connectivity index (χ2n) is 7.33. The van der Waals surface area contributed by atoms with E-state index in [0.717, 1.165) is 32.7 Å². The minimum absolute atomic E-state index is 0.305. The number of hydrogen-bond donors (Lipinski definition) is 0. The number of fused-ring (bicyclic) bond motifs is 2. The van der Waals surface area contributed by atoms with Crippen LogP contribution < -0.4 is 11.1 Å². The summed E-state index contributed by atoms with van der Waals surface area (Å²) in [5.74, 6) is 0. The molecule has 30 heavy (non-hydrogen) atoms. The number of nitrogens with zero attached hydrogens (tertiary/aromatic N) is 2. The van der Waals surface area contributed by atoms with E-state index in [-0.39, 0.29) is 0 Å². The summed E-state index contributed by atoms with van der Waals surface area (Å²) in [7, 11) is 0. The number of benzene rings is 4. The SMILES string of the molecule is O=c1nc(-c2cccc3ccccc23)c2c(=O)nc(-c3cccc4ccccc34)c1=2. The third kappa shape index (κ3) is 2.28. The van der Waals surface area contributed by atoms with E-state index in [0.29, 0.717) is 21.8 Å². The molecular weight excluding hydrogens is 372 g/mol. The van der Waals surface area contributed by atoms with E-state index in [1.807, 2.05) is 84.9 Å². The van der Waals surface area contributed by atoms with E-state index in [9.17, 15) is 9.59 Å². The van der Waals surface area contributed by atoms with E-state index < -0.39 is 11.1 Å². The Balaban J connectivity index is 1.74. The van der Waals surface area contributed by atoms with Crippen LogP contribution in [0.3, 0.4) is 0 Å². The third-order valence-corrected chi connectivity index (χ3v) is 5.67. The highest BCUT2D eigenvalue weighted by Crippen LogP contribution is 2.31. The lowest BCUT2D eigenvalue weighted by molar-refractivity contribution is 1.23. The second kappa shape index (κ2) is 6.16. The topological polar surface area (TPSA) is 59.9 Å². The first-order valence-electron chi connectivity index (χ1n) is 9.70. The quantitative estimate of drug-likeness (QED) is 0.441. The normalized spacial score (nSPS) is 11.6. The van der Waals surface area contributed by atoms with Crippen molar-refractivity contribution in [3.63, 3.8) is 0 Å². The Morgan fingerprint density at radius 2 is 0.867 bits per heavy atom. The van der Waals surface area contributed by atoms with Crippen molar-refractivity contribution in [1.82, 2.24) is 9.97 Å². The van der Waals surface area contributed by atoms with Crippen molar-refractivity contribution in [3.05, 3.63) is 116 Å². The molecule has 4 aromatic rings. The molecule has 0 saturated carbocycles. The van der Waals surface area contributed by atoms with E-state index >= 15 is 0 Å².